The molecule has 0 aliphatic carbocycles. The Morgan fingerprint density at radius 1 is 1.29 bits per heavy atom. The highest BCUT2D eigenvalue weighted by atomic mass is 16.2. The monoisotopic (exact) mass is 236 g/mol. The van der Waals surface area contributed by atoms with Crippen LogP contribution in [-0.2, 0) is 11.3 Å². The smallest absolute Gasteiger partial charge is 0.319 e. The van der Waals surface area contributed by atoms with Crippen LogP contribution in [0.4, 0.5) is 10.5 Å². The van der Waals surface area contributed by atoms with E-state index in [1.807, 2.05) is 6.07 Å². The van der Waals surface area contributed by atoms with Gasteiger partial charge in [0.05, 0.1) is 0 Å². The summed E-state index contributed by atoms with van der Waals surface area (Å²) in [4.78, 5) is 21.8. The first-order valence-corrected chi connectivity index (χ1v) is 5.24. The number of primary amides is 1. The second-order valence-corrected chi connectivity index (χ2v) is 3.50. The van der Waals surface area contributed by atoms with Gasteiger partial charge in [-0.05, 0) is 17.7 Å². The molecule has 0 bridgehead atoms. The van der Waals surface area contributed by atoms with Crippen molar-refractivity contribution in [3.8, 4) is 0 Å². The zero-order valence-electron chi connectivity index (χ0n) is 9.40. The molecule has 0 heterocycles. The van der Waals surface area contributed by atoms with Crippen LogP contribution in [0, 0.1) is 0 Å². The second kappa shape index (κ2) is 6.49. The molecule has 17 heavy (non-hydrogen) atoms. The molecule has 0 aliphatic rings. The van der Waals surface area contributed by atoms with Gasteiger partial charge in [0.2, 0.25) is 5.91 Å². The van der Waals surface area contributed by atoms with Crippen molar-refractivity contribution in [3.05, 3.63) is 29.8 Å². The van der Waals surface area contributed by atoms with Crippen LogP contribution in [0.1, 0.15) is 12.0 Å². The number of carbonyl (C=O) groups is 2. The van der Waals surface area contributed by atoms with Gasteiger partial charge in [0.25, 0.3) is 0 Å². The molecular formula is C11H16N4O2. The maximum atomic E-state index is 11.4. The van der Waals surface area contributed by atoms with E-state index in [-0.39, 0.29) is 19.0 Å². The zero-order valence-corrected chi connectivity index (χ0v) is 9.40. The lowest BCUT2D eigenvalue weighted by Crippen LogP contribution is -2.31. The average Bonchev–Trinajstić information content (AvgIpc) is 2.28. The SMILES string of the molecule is NCc1cccc(NC(=O)NCCC(N)=O)c1. The van der Waals surface area contributed by atoms with Gasteiger partial charge in [0.15, 0.2) is 0 Å². The molecule has 0 spiro atoms. The molecule has 0 radical (unpaired) electrons. The summed E-state index contributed by atoms with van der Waals surface area (Å²) >= 11 is 0. The van der Waals surface area contributed by atoms with Crippen LogP contribution in [0.3, 0.4) is 0 Å². The highest BCUT2D eigenvalue weighted by molar-refractivity contribution is 5.89. The van der Waals surface area contributed by atoms with E-state index in [9.17, 15) is 9.59 Å². The quantitative estimate of drug-likeness (QED) is 0.583. The Bertz CT molecular complexity index is 406. The fraction of sp³-hybridized carbons (Fsp3) is 0.273. The molecule has 0 atom stereocenters. The van der Waals surface area contributed by atoms with Crippen molar-refractivity contribution in [2.75, 3.05) is 11.9 Å². The van der Waals surface area contributed by atoms with Crippen molar-refractivity contribution in [1.29, 1.82) is 0 Å². The number of anilines is 1. The summed E-state index contributed by atoms with van der Waals surface area (Å²) in [7, 11) is 0. The van der Waals surface area contributed by atoms with E-state index in [1.165, 1.54) is 0 Å². The Morgan fingerprint density at radius 2 is 2.06 bits per heavy atom. The molecular weight excluding hydrogens is 220 g/mol. The first-order chi connectivity index (χ1) is 8.11. The number of hydrogen-bond acceptors (Lipinski definition) is 3. The van der Waals surface area contributed by atoms with Gasteiger partial charge in [0.1, 0.15) is 0 Å². The maximum Gasteiger partial charge on any atom is 0.319 e. The summed E-state index contributed by atoms with van der Waals surface area (Å²) in [6, 6.07) is 6.85. The predicted octanol–water partition coefficient (Wildman–Crippen LogP) is 0.142. The molecule has 1 aromatic carbocycles. The molecule has 0 aromatic heterocycles. The van der Waals surface area contributed by atoms with Gasteiger partial charge in [0, 0.05) is 25.2 Å². The van der Waals surface area contributed by atoms with E-state index in [0.717, 1.165) is 5.56 Å². The Hall–Kier alpha value is -2.08. The summed E-state index contributed by atoms with van der Waals surface area (Å²) < 4.78 is 0. The topological polar surface area (TPSA) is 110 Å². The Labute approximate surface area is 99.4 Å². The van der Waals surface area contributed by atoms with Crippen LogP contribution in [0.25, 0.3) is 0 Å². The molecule has 6 heteroatoms. The van der Waals surface area contributed by atoms with Crippen LogP contribution < -0.4 is 22.1 Å². The lowest BCUT2D eigenvalue weighted by atomic mass is 10.2. The molecule has 0 aliphatic heterocycles. The molecule has 0 unspecified atom stereocenters. The number of nitrogens with two attached hydrogens (primary N) is 2. The Balaban J connectivity index is 2.42. The molecule has 1 aromatic rings. The standard InChI is InChI=1S/C11H16N4O2/c12-7-8-2-1-3-9(6-8)15-11(17)14-5-4-10(13)16/h1-3,6H,4-5,7,12H2,(H2,13,16)(H2,14,15,17). The van der Waals surface area contributed by atoms with E-state index < -0.39 is 5.91 Å². The first-order valence-electron chi connectivity index (χ1n) is 5.24. The summed E-state index contributed by atoms with van der Waals surface area (Å²) in [5.41, 5.74) is 12.0. The third-order valence-electron chi connectivity index (χ3n) is 2.08. The minimum atomic E-state index is -0.449. The van der Waals surface area contributed by atoms with E-state index in [2.05, 4.69) is 10.6 Å². The van der Waals surface area contributed by atoms with Gasteiger partial charge < -0.3 is 22.1 Å². The van der Waals surface area contributed by atoms with E-state index >= 15 is 0 Å². The third kappa shape index (κ3) is 4.98. The molecule has 3 amide bonds. The van der Waals surface area contributed by atoms with E-state index in [0.29, 0.717) is 12.2 Å². The molecule has 6 N–H and O–H groups in total. The van der Waals surface area contributed by atoms with Crippen molar-refractivity contribution < 1.29 is 9.59 Å². The van der Waals surface area contributed by atoms with Gasteiger partial charge in [-0.25, -0.2) is 4.79 Å². The van der Waals surface area contributed by atoms with Crippen LogP contribution >= 0.6 is 0 Å². The zero-order chi connectivity index (χ0) is 12.7. The highest BCUT2D eigenvalue weighted by Crippen LogP contribution is 2.09. The minimum Gasteiger partial charge on any atom is -0.370 e. The fourth-order valence-electron chi connectivity index (χ4n) is 1.25. The molecule has 0 fully saturated rings. The number of hydrogen-bond donors (Lipinski definition) is 4. The van der Waals surface area contributed by atoms with Gasteiger partial charge in [-0.2, -0.15) is 0 Å². The van der Waals surface area contributed by atoms with Crippen molar-refractivity contribution in [2.45, 2.75) is 13.0 Å². The minimum absolute atomic E-state index is 0.121. The normalized spacial score (nSPS) is 9.71. The highest BCUT2D eigenvalue weighted by Gasteiger charge is 2.02. The average molecular weight is 236 g/mol. The molecule has 92 valence electrons. The van der Waals surface area contributed by atoms with Crippen molar-refractivity contribution in [3.63, 3.8) is 0 Å². The van der Waals surface area contributed by atoms with Crippen molar-refractivity contribution in [1.82, 2.24) is 5.32 Å². The second-order valence-electron chi connectivity index (χ2n) is 3.50. The van der Waals surface area contributed by atoms with Gasteiger partial charge in [-0.3, -0.25) is 4.79 Å². The molecule has 0 saturated carbocycles. The summed E-state index contributed by atoms with van der Waals surface area (Å²) in [5, 5.41) is 5.15. The van der Waals surface area contributed by atoms with Crippen LogP contribution in [-0.4, -0.2) is 18.5 Å². The van der Waals surface area contributed by atoms with E-state index in [4.69, 9.17) is 11.5 Å². The summed E-state index contributed by atoms with van der Waals surface area (Å²) in [6.07, 6.45) is 0.121. The van der Waals surface area contributed by atoms with Crippen molar-refractivity contribution in [2.24, 2.45) is 11.5 Å². The number of benzene rings is 1. The van der Waals surface area contributed by atoms with Crippen LogP contribution in [0.2, 0.25) is 0 Å². The molecule has 6 nitrogen and oxygen atoms in total. The first kappa shape index (κ1) is 13.0. The summed E-state index contributed by atoms with van der Waals surface area (Å²) in [5.74, 6) is -0.449. The molecule has 1 rings (SSSR count). The Morgan fingerprint density at radius 3 is 2.71 bits per heavy atom. The number of amides is 3. The number of nitrogens with one attached hydrogen (secondary N) is 2. The summed E-state index contributed by atoms with van der Waals surface area (Å²) in [6.45, 7) is 0.635. The van der Waals surface area contributed by atoms with Gasteiger partial charge in [-0.1, -0.05) is 12.1 Å². The largest absolute Gasteiger partial charge is 0.370 e. The van der Waals surface area contributed by atoms with E-state index in [1.54, 1.807) is 18.2 Å². The van der Waals surface area contributed by atoms with Crippen LogP contribution in [0.15, 0.2) is 24.3 Å². The lowest BCUT2D eigenvalue weighted by Gasteiger charge is -2.07. The molecule has 0 saturated heterocycles. The number of carbonyl (C=O) groups excluding carboxylic acids is 2. The maximum absolute atomic E-state index is 11.4. The number of rotatable bonds is 5. The van der Waals surface area contributed by atoms with Crippen molar-refractivity contribution >= 4 is 17.6 Å². The fourth-order valence-corrected chi connectivity index (χ4v) is 1.25. The third-order valence-corrected chi connectivity index (χ3v) is 2.08. The van der Waals surface area contributed by atoms with Gasteiger partial charge in [-0.15, -0.1) is 0 Å². The van der Waals surface area contributed by atoms with Gasteiger partial charge >= 0.3 is 6.03 Å². The lowest BCUT2D eigenvalue weighted by molar-refractivity contribution is -0.117. The Kier molecular flexibility index (Phi) is 4.96. The number of urea groups is 1. The predicted molar refractivity (Wildman–Crippen MR) is 65.2 cm³/mol. The van der Waals surface area contributed by atoms with Crippen LogP contribution in [0.5, 0.6) is 0 Å².